The third-order valence-electron chi connectivity index (χ3n) is 1.92. The smallest absolute Gasteiger partial charge is 0.151 e. The van der Waals surface area contributed by atoms with Gasteiger partial charge in [0.05, 0.1) is 13.2 Å². The first-order valence-corrected chi connectivity index (χ1v) is 4.00. The van der Waals surface area contributed by atoms with E-state index >= 15 is 0 Å². The zero-order valence-corrected chi connectivity index (χ0v) is 7.16. The van der Waals surface area contributed by atoms with Crippen LogP contribution < -0.4 is 0 Å². The molecule has 12 heavy (non-hydrogen) atoms. The minimum absolute atomic E-state index is 0.108. The van der Waals surface area contributed by atoms with Gasteiger partial charge in [0, 0.05) is 7.11 Å². The molecule has 0 aromatic heterocycles. The number of rotatable bonds is 6. The first-order valence-electron chi connectivity index (χ1n) is 4.00. The molecule has 0 aromatic rings. The van der Waals surface area contributed by atoms with E-state index in [9.17, 15) is 4.79 Å². The molecule has 1 rings (SSSR count). The van der Waals surface area contributed by atoms with E-state index in [0.717, 1.165) is 19.1 Å². The highest BCUT2D eigenvalue weighted by Gasteiger charge is 2.45. The summed E-state index contributed by atoms with van der Waals surface area (Å²) in [4.78, 5) is 10.5. The Balaban J connectivity index is 2.31. The topological polar surface area (TPSA) is 55.8 Å². The summed E-state index contributed by atoms with van der Waals surface area (Å²) < 4.78 is 10.2. The van der Waals surface area contributed by atoms with Crippen LogP contribution in [0.4, 0.5) is 0 Å². The number of carbonyl (C=O) groups excluding carboxylic acids is 1. The first kappa shape index (κ1) is 9.64. The van der Waals surface area contributed by atoms with Crippen molar-refractivity contribution in [2.45, 2.75) is 24.5 Å². The molecule has 0 spiro atoms. The molecular weight excluding hydrogens is 160 g/mol. The highest BCUT2D eigenvalue weighted by atomic mass is 16.6. The van der Waals surface area contributed by atoms with Crippen molar-refractivity contribution in [1.82, 2.24) is 0 Å². The van der Waals surface area contributed by atoms with Gasteiger partial charge in [0.15, 0.2) is 6.29 Å². The molecule has 4 heteroatoms. The van der Waals surface area contributed by atoms with Crippen LogP contribution in [0.1, 0.15) is 12.8 Å². The predicted octanol–water partition coefficient (Wildman–Crippen LogP) is -0.258. The average molecular weight is 174 g/mol. The number of aldehydes is 1. The van der Waals surface area contributed by atoms with E-state index in [-0.39, 0.29) is 12.7 Å². The van der Waals surface area contributed by atoms with Crippen molar-refractivity contribution in [2.75, 3.05) is 20.3 Å². The summed E-state index contributed by atoms with van der Waals surface area (Å²) in [5.41, 5.74) is -0.605. The molecule has 0 bridgehead atoms. The van der Waals surface area contributed by atoms with Crippen LogP contribution in [0.15, 0.2) is 0 Å². The van der Waals surface area contributed by atoms with E-state index in [1.807, 2.05) is 0 Å². The van der Waals surface area contributed by atoms with Crippen LogP contribution >= 0.6 is 0 Å². The fraction of sp³-hybridized carbons (Fsp3) is 0.875. The summed E-state index contributed by atoms with van der Waals surface area (Å²) in [6.07, 6.45) is 1.96. The molecule has 1 saturated carbocycles. The summed E-state index contributed by atoms with van der Waals surface area (Å²) in [5, 5.41) is 8.82. The van der Waals surface area contributed by atoms with E-state index in [2.05, 4.69) is 0 Å². The van der Waals surface area contributed by atoms with Crippen LogP contribution in [0.5, 0.6) is 0 Å². The fourth-order valence-electron chi connectivity index (χ4n) is 1.03. The lowest BCUT2D eigenvalue weighted by Gasteiger charge is -2.18. The lowest BCUT2D eigenvalue weighted by atomic mass is 10.3. The van der Waals surface area contributed by atoms with Crippen molar-refractivity contribution in [1.29, 1.82) is 0 Å². The van der Waals surface area contributed by atoms with E-state index in [1.165, 1.54) is 7.11 Å². The van der Waals surface area contributed by atoms with E-state index in [4.69, 9.17) is 14.6 Å². The maximum absolute atomic E-state index is 10.5. The second kappa shape index (κ2) is 3.98. The van der Waals surface area contributed by atoms with Gasteiger partial charge >= 0.3 is 0 Å². The summed E-state index contributed by atoms with van der Waals surface area (Å²) in [7, 11) is 1.53. The van der Waals surface area contributed by atoms with Gasteiger partial charge in [0.2, 0.25) is 0 Å². The van der Waals surface area contributed by atoms with Crippen LogP contribution in [0, 0.1) is 0 Å². The Bertz CT molecular complexity index is 153. The average Bonchev–Trinajstić information content (AvgIpc) is 2.85. The van der Waals surface area contributed by atoms with Crippen LogP contribution in [-0.2, 0) is 14.3 Å². The van der Waals surface area contributed by atoms with Gasteiger partial charge in [0.1, 0.15) is 11.7 Å². The zero-order valence-electron chi connectivity index (χ0n) is 7.16. The summed E-state index contributed by atoms with van der Waals surface area (Å²) >= 11 is 0. The second-order valence-corrected chi connectivity index (χ2v) is 3.06. The van der Waals surface area contributed by atoms with Crippen molar-refractivity contribution < 1.29 is 19.4 Å². The maximum Gasteiger partial charge on any atom is 0.151 e. The highest BCUT2D eigenvalue weighted by molar-refractivity contribution is 5.66. The van der Waals surface area contributed by atoms with Crippen molar-refractivity contribution in [3.8, 4) is 0 Å². The minimum Gasteiger partial charge on any atom is -0.394 e. The summed E-state index contributed by atoms with van der Waals surface area (Å²) in [6.45, 7) is 0.218. The van der Waals surface area contributed by atoms with Crippen LogP contribution in [0.3, 0.4) is 0 Å². The molecule has 4 nitrogen and oxygen atoms in total. The number of aliphatic hydroxyl groups excluding tert-OH is 1. The van der Waals surface area contributed by atoms with Crippen LogP contribution in [0.25, 0.3) is 0 Å². The Morgan fingerprint density at radius 2 is 2.33 bits per heavy atom. The fourth-order valence-corrected chi connectivity index (χ4v) is 1.03. The van der Waals surface area contributed by atoms with Gasteiger partial charge in [-0.1, -0.05) is 0 Å². The number of methoxy groups -OCH3 is 1. The molecule has 1 fully saturated rings. The Morgan fingerprint density at radius 3 is 2.67 bits per heavy atom. The van der Waals surface area contributed by atoms with Crippen LogP contribution in [0.2, 0.25) is 0 Å². The molecule has 1 aliphatic carbocycles. The first-order chi connectivity index (χ1) is 5.76. The number of carbonyl (C=O) groups is 1. The third-order valence-corrected chi connectivity index (χ3v) is 1.92. The second-order valence-electron chi connectivity index (χ2n) is 3.06. The summed E-state index contributed by atoms with van der Waals surface area (Å²) in [5.74, 6) is 0. The van der Waals surface area contributed by atoms with Gasteiger partial charge in [-0.15, -0.1) is 0 Å². The molecule has 0 aliphatic heterocycles. The molecule has 0 saturated heterocycles. The molecule has 1 atom stereocenters. The van der Waals surface area contributed by atoms with E-state index < -0.39 is 5.60 Å². The van der Waals surface area contributed by atoms with Gasteiger partial charge in [-0.05, 0) is 12.8 Å². The van der Waals surface area contributed by atoms with Gasteiger partial charge < -0.3 is 19.4 Å². The normalized spacial score (nSPS) is 21.8. The van der Waals surface area contributed by atoms with Crippen molar-refractivity contribution in [2.24, 2.45) is 0 Å². The molecular formula is C8H14O4. The van der Waals surface area contributed by atoms with E-state index in [0.29, 0.717) is 6.61 Å². The van der Waals surface area contributed by atoms with Gasteiger partial charge in [-0.3, -0.25) is 0 Å². The number of ether oxygens (including phenoxy) is 2. The number of hydrogen-bond acceptors (Lipinski definition) is 4. The molecule has 0 aromatic carbocycles. The summed E-state index contributed by atoms with van der Waals surface area (Å²) in [6, 6.07) is 0. The SMILES string of the molecule is COCC(CO)OC1(C=O)CC1. The lowest BCUT2D eigenvalue weighted by molar-refractivity contribution is -0.131. The van der Waals surface area contributed by atoms with Crippen molar-refractivity contribution in [3.63, 3.8) is 0 Å². The Labute approximate surface area is 71.5 Å². The molecule has 0 radical (unpaired) electrons. The molecule has 1 aliphatic rings. The molecule has 0 amide bonds. The van der Waals surface area contributed by atoms with Crippen molar-refractivity contribution in [3.05, 3.63) is 0 Å². The minimum atomic E-state index is -0.605. The molecule has 0 heterocycles. The lowest BCUT2D eigenvalue weighted by Crippen LogP contribution is -2.31. The van der Waals surface area contributed by atoms with Crippen LogP contribution in [-0.4, -0.2) is 43.4 Å². The van der Waals surface area contributed by atoms with Crippen molar-refractivity contribution >= 4 is 6.29 Å². The third kappa shape index (κ3) is 2.27. The monoisotopic (exact) mass is 174 g/mol. The zero-order chi connectivity index (χ0) is 9.03. The predicted molar refractivity (Wildman–Crippen MR) is 41.9 cm³/mol. The number of aliphatic hydroxyl groups is 1. The van der Waals surface area contributed by atoms with Gasteiger partial charge in [-0.25, -0.2) is 0 Å². The highest BCUT2D eigenvalue weighted by Crippen LogP contribution is 2.38. The Hall–Kier alpha value is -0.450. The quantitative estimate of drug-likeness (QED) is 0.564. The molecule has 70 valence electrons. The largest absolute Gasteiger partial charge is 0.394 e. The maximum atomic E-state index is 10.5. The van der Waals surface area contributed by atoms with Gasteiger partial charge in [0.25, 0.3) is 0 Å². The standard InChI is InChI=1S/C8H14O4/c1-11-5-7(4-9)12-8(6-10)2-3-8/h6-7,9H,2-5H2,1H3. The molecule has 1 N–H and O–H groups in total. The molecule has 1 unspecified atom stereocenters. The Kier molecular flexibility index (Phi) is 3.20. The Morgan fingerprint density at radius 1 is 1.67 bits per heavy atom. The van der Waals surface area contributed by atoms with E-state index in [1.54, 1.807) is 0 Å². The van der Waals surface area contributed by atoms with Gasteiger partial charge in [-0.2, -0.15) is 0 Å². The number of hydrogen-bond donors (Lipinski definition) is 1.